The molecule has 3 heterocycles. The lowest BCUT2D eigenvalue weighted by Crippen LogP contribution is -2.49. The molecule has 2 fully saturated rings. The fraction of sp³-hybridized carbons (Fsp3) is 0.500. The Bertz CT molecular complexity index is 991. The summed E-state index contributed by atoms with van der Waals surface area (Å²) in [7, 11) is 4.60. The number of hydrogen-bond donors (Lipinski definition) is 0. The SMILES string of the molecule is COc1cc(C(=O)N2CCC(CC(=O)N3CCN(c4ccccn4)CC3)CC2)cc(OC)c1OC. The predicted molar refractivity (Wildman–Crippen MR) is 132 cm³/mol. The molecule has 4 rings (SSSR count). The lowest BCUT2D eigenvalue weighted by Gasteiger charge is -2.37. The molecule has 35 heavy (non-hydrogen) atoms. The number of benzene rings is 1. The summed E-state index contributed by atoms with van der Waals surface area (Å²) in [6.45, 7) is 4.28. The van der Waals surface area contributed by atoms with Gasteiger partial charge in [0.15, 0.2) is 11.5 Å². The molecular formula is C26H34N4O5. The highest BCUT2D eigenvalue weighted by Crippen LogP contribution is 2.38. The van der Waals surface area contributed by atoms with Crippen LogP contribution in [-0.4, -0.2) is 87.2 Å². The molecule has 0 saturated carbocycles. The molecule has 0 bridgehead atoms. The molecular weight excluding hydrogens is 448 g/mol. The number of aromatic nitrogens is 1. The van der Waals surface area contributed by atoms with Gasteiger partial charge in [0.2, 0.25) is 11.7 Å². The van der Waals surface area contributed by atoms with Crippen LogP contribution in [0.1, 0.15) is 29.6 Å². The van der Waals surface area contributed by atoms with Crippen LogP contribution in [0.25, 0.3) is 0 Å². The van der Waals surface area contributed by atoms with E-state index in [9.17, 15) is 9.59 Å². The van der Waals surface area contributed by atoms with Gasteiger partial charge in [-0.2, -0.15) is 0 Å². The van der Waals surface area contributed by atoms with Gasteiger partial charge in [0.1, 0.15) is 5.82 Å². The van der Waals surface area contributed by atoms with Gasteiger partial charge in [-0.15, -0.1) is 0 Å². The second kappa shape index (κ2) is 11.3. The Labute approximate surface area is 206 Å². The molecule has 2 saturated heterocycles. The first-order valence-electron chi connectivity index (χ1n) is 12.1. The quantitative estimate of drug-likeness (QED) is 0.600. The second-order valence-electron chi connectivity index (χ2n) is 8.91. The Morgan fingerprint density at radius 1 is 0.886 bits per heavy atom. The summed E-state index contributed by atoms with van der Waals surface area (Å²) in [6.07, 6.45) is 3.97. The highest BCUT2D eigenvalue weighted by atomic mass is 16.5. The van der Waals surface area contributed by atoms with Crippen LogP contribution in [0.15, 0.2) is 36.5 Å². The highest BCUT2D eigenvalue weighted by molar-refractivity contribution is 5.95. The Hall–Kier alpha value is -3.49. The minimum absolute atomic E-state index is 0.0697. The van der Waals surface area contributed by atoms with E-state index in [0.29, 0.717) is 61.3 Å². The normalized spacial score (nSPS) is 16.7. The fourth-order valence-electron chi connectivity index (χ4n) is 4.83. The van der Waals surface area contributed by atoms with Crippen LogP contribution in [0.3, 0.4) is 0 Å². The lowest BCUT2D eigenvalue weighted by atomic mass is 9.92. The van der Waals surface area contributed by atoms with Crippen molar-refractivity contribution in [1.82, 2.24) is 14.8 Å². The number of methoxy groups -OCH3 is 3. The number of likely N-dealkylation sites (tertiary alicyclic amines) is 1. The van der Waals surface area contributed by atoms with Crippen LogP contribution in [0, 0.1) is 5.92 Å². The zero-order chi connectivity index (χ0) is 24.8. The Morgan fingerprint density at radius 3 is 2.09 bits per heavy atom. The van der Waals surface area contributed by atoms with E-state index >= 15 is 0 Å². The van der Waals surface area contributed by atoms with Gasteiger partial charge >= 0.3 is 0 Å². The van der Waals surface area contributed by atoms with E-state index in [4.69, 9.17) is 14.2 Å². The van der Waals surface area contributed by atoms with Gasteiger partial charge in [0.05, 0.1) is 21.3 Å². The summed E-state index contributed by atoms with van der Waals surface area (Å²) in [5.41, 5.74) is 0.500. The first-order valence-corrected chi connectivity index (χ1v) is 12.1. The van der Waals surface area contributed by atoms with Crippen molar-refractivity contribution in [1.29, 1.82) is 0 Å². The molecule has 0 radical (unpaired) electrons. The Balaban J connectivity index is 1.27. The van der Waals surface area contributed by atoms with Gasteiger partial charge < -0.3 is 28.9 Å². The molecule has 9 nitrogen and oxygen atoms in total. The third kappa shape index (κ3) is 5.61. The van der Waals surface area contributed by atoms with Crippen LogP contribution < -0.4 is 19.1 Å². The van der Waals surface area contributed by atoms with Crippen molar-refractivity contribution < 1.29 is 23.8 Å². The van der Waals surface area contributed by atoms with Crippen LogP contribution in [0.5, 0.6) is 17.2 Å². The van der Waals surface area contributed by atoms with E-state index in [1.807, 2.05) is 28.0 Å². The molecule has 2 aliphatic heterocycles. The number of hydrogen-bond acceptors (Lipinski definition) is 7. The first kappa shape index (κ1) is 24.6. The van der Waals surface area contributed by atoms with E-state index < -0.39 is 0 Å². The van der Waals surface area contributed by atoms with Crippen LogP contribution >= 0.6 is 0 Å². The molecule has 0 unspecified atom stereocenters. The summed E-state index contributed by atoms with van der Waals surface area (Å²) in [5.74, 6) is 2.77. The van der Waals surface area contributed by atoms with Crippen LogP contribution in [0.2, 0.25) is 0 Å². The molecule has 188 valence electrons. The first-order chi connectivity index (χ1) is 17.0. The number of pyridine rings is 1. The molecule has 2 aliphatic rings. The molecule has 0 N–H and O–H groups in total. The topological polar surface area (TPSA) is 84.4 Å². The van der Waals surface area contributed by atoms with Gasteiger partial charge in [0.25, 0.3) is 5.91 Å². The fourth-order valence-corrected chi connectivity index (χ4v) is 4.83. The number of ether oxygens (including phenoxy) is 3. The van der Waals surface area contributed by atoms with Gasteiger partial charge in [-0.3, -0.25) is 9.59 Å². The van der Waals surface area contributed by atoms with E-state index in [-0.39, 0.29) is 11.8 Å². The zero-order valence-electron chi connectivity index (χ0n) is 20.7. The van der Waals surface area contributed by atoms with E-state index in [1.165, 1.54) is 21.3 Å². The predicted octanol–water partition coefficient (Wildman–Crippen LogP) is 2.70. The largest absolute Gasteiger partial charge is 0.493 e. The maximum absolute atomic E-state index is 13.1. The van der Waals surface area contributed by atoms with Crippen molar-refractivity contribution in [3.05, 3.63) is 42.1 Å². The molecule has 0 spiro atoms. The molecule has 0 atom stereocenters. The number of nitrogens with zero attached hydrogens (tertiary/aromatic N) is 4. The van der Waals surface area contributed by atoms with Crippen LogP contribution in [-0.2, 0) is 4.79 Å². The Kier molecular flexibility index (Phi) is 7.94. The second-order valence-corrected chi connectivity index (χ2v) is 8.91. The molecule has 2 aromatic rings. The summed E-state index contributed by atoms with van der Waals surface area (Å²) < 4.78 is 16.1. The molecule has 2 amide bonds. The van der Waals surface area contributed by atoms with Crippen molar-refractivity contribution >= 4 is 17.6 Å². The summed E-state index contributed by atoms with van der Waals surface area (Å²) in [5, 5.41) is 0. The Morgan fingerprint density at radius 2 is 1.54 bits per heavy atom. The highest BCUT2D eigenvalue weighted by Gasteiger charge is 2.29. The standard InChI is InChI=1S/C26H34N4O5/c1-33-21-17-20(18-22(34-2)25(21)35-3)26(32)30-10-7-19(8-11-30)16-24(31)29-14-12-28(13-15-29)23-6-4-5-9-27-23/h4-6,9,17-19H,7-8,10-16H2,1-3H3. The smallest absolute Gasteiger partial charge is 0.254 e. The number of piperazine rings is 1. The number of carbonyl (C=O) groups excluding carboxylic acids is 2. The molecule has 1 aromatic carbocycles. The molecule has 1 aromatic heterocycles. The van der Waals surface area contributed by atoms with Gasteiger partial charge in [0, 0.05) is 57.4 Å². The van der Waals surface area contributed by atoms with Crippen molar-refractivity contribution in [2.45, 2.75) is 19.3 Å². The van der Waals surface area contributed by atoms with Crippen molar-refractivity contribution in [3.63, 3.8) is 0 Å². The maximum atomic E-state index is 13.1. The zero-order valence-corrected chi connectivity index (χ0v) is 20.7. The third-order valence-corrected chi connectivity index (χ3v) is 6.88. The van der Waals surface area contributed by atoms with Crippen LogP contribution in [0.4, 0.5) is 5.82 Å². The summed E-state index contributed by atoms with van der Waals surface area (Å²) in [4.78, 5) is 36.5. The van der Waals surface area contributed by atoms with Crippen molar-refractivity contribution in [2.75, 3.05) is 65.5 Å². The van der Waals surface area contributed by atoms with E-state index in [2.05, 4.69) is 9.88 Å². The van der Waals surface area contributed by atoms with E-state index in [0.717, 1.165) is 31.7 Å². The van der Waals surface area contributed by atoms with Crippen molar-refractivity contribution in [2.24, 2.45) is 5.92 Å². The number of rotatable bonds is 7. The number of amides is 2. The minimum Gasteiger partial charge on any atom is -0.493 e. The summed E-state index contributed by atoms with van der Waals surface area (Å²) in [6, 6.07) is 9.27. The van der Waals surface area contributed by atoms with E-state index in [1.54, 1.807) is 18.3 Å². The van der Waals surface area contributed by atoms with Gasteiger partial charge in [-0.05, 0) is 43.0 Å². The monoisotopic (exact) mass is 482 g/mol. The average molecular weight is 483 g/mol. The number of piperidine rings is 1. The van der Waals surface area contributed by atoms with Crippen molar-refractivity contribution in [3.8, 4) is 17.2 Å². The van der Waals surface area contributed by atoms with Gasteiger partial charge in [-0.25, -0.2) is 4.98 Å². The third-order valence-electron chi connectivity index (χ3n) is 6.88. The number of anilines is 1. The molecule has 9 heteroatoms. The maximum Gasteiger partial charge on any atom is 0.254 e. The van der Waals surface area contributed by atoms with Gasteiger partial charge in [-0.1, -0.05) is 6.07 Å². The summed E-state index contributed by atoms with van der Waals surface area (Å²) >= 11 is 0. The minimum atomic E-state index is -0.0697. The molecule has 0 aliphatic carbocycles. The average Bonchev–Trinajstić information content (AvgIpc) is 2.92. The number of carbonyl (C=O) groups is 2. The lowest BCUT2D eigenvalue weighted by molar-refractivity contribution is -0.132.